The molecular weight excluding hydrogens is 190 g/mol. The molecule has 88 valence electrons. The normalized spacial score (nSPS) is 20.1. The summed E-state index contributed by atoms with van der Waals surface area (Å²) in [5.74, 6) is -0.670. The van der Waals surface area contributed by atoms with Gasteiger partial charge in [-0.1, -0.05) is 26.7 Å². The number of rotatable bonds is 5. The first kappa shape index (κ1) is 12.5. The number of aliphatic carboxylic acids is 1. The Morgan fingerprint density at radius 1 is 1.40 bits per heavy atom. The smallest absolute Gasteiger partial charge is 0.308 e. The van der Waals surface area contributed by atoms with Crippen molar-refractivity contribution in [2.45, 2.75) is 45.6 Å². The highest BCUT2D eigenvalue weighted by atomic mass is 16.4. The first-order chi connectivity index (χ1) is 7.02. The lowest BCUT2D eigenvalue weighted by Gasteiger charge is -2.28. The molecule has 0 spiro atoms. The molecule has 0 aromatic rings. The first-order valence-corrected chi connectivity index (χ1v) is 5.95. The Morgan fingerprint density at radius 3 is 2.33 bits per heavy atom. The van der Waals surface area contributed by atoms with Crippen molar-refractivity contribution in [2.75, 3.05) is 13.6 Å². The largest absolute Gasteiger partial charge is 0.481 e. The zero-order valence-electron chi connectivity index (χ0n) is 10.1. The minimum absolute atomic E-state index is 0.214. The van der Waals surface area contributed by atoms with Gasteiger partial charge in [0.15, 0.2) is 0 Å². The van der Waals surface area contributed by atoms with Gasteiger partial charge in [0.1, 0.15) is 0 Å². The van der Waals surface area contributed by atoms with Crippen molar-refractivity contribution in [1.82, 2.24) is 4.90 Å². The highest BCUT2D eigenvalue weighted by molar-refractivity contribution is 5.70. The molecule has 0 bridgehead atoms. The van der Waals surface area contributed by atoms with Crippen LogP contribution in [0.3, 0.4) is 0 Å². The van der Waals surface area contributed by atoms with Crippen molar-refractivity contribution in [3.8, 4) is 0 Å². The fourth-order valence-electron chi connectivity index (χ4n) is 2.38. The quantitative estimate of drug-likeness (QED) is 0.761. The summed E-state index contributed by atoms with van der Waals surface area (Å²) in [7, 11) is 2.06. The molecule has 0 aromatic carbocycles. The second-order valence-corrected chi connectivity index (χ2v) is 5.07. The standard InChI is InChI=1S/C12H23NO2/c1-9(2)11(12(14)15)8-13(3)10-6-4-5-7-10/h9-11H,4-8H2,1-3H3,(H,14,15). The average molecular weight is 213 g/mol. The number of carboxylic acids is 1. The molecule has 1 rings (SSSR count). The van der Waals surface area contributed by atoms with Gasteiger partial charge in [-0.15, -0.1) is 0 Å². The van der Waals surface area contributed by atoms with Crippen molar-refractivity contribution < 1.29 is 9.90 Å². The molecular formula is C12H23NO2. The zero-order valence-corrected chi connectivity index (χ0v) is 10.1. The molecule has 0 radical (unpaired) electrons. The van der Waals surface area contributed by atoms with Gasteiger partial charge in [-0.3, -0.25) is 4.79 Å². The fraction of sp³-hybridized carbons (Fsp3) is 0.917. The Labute approximate surface area is 92.5 Å². The van der Waals surface area contributed by atoms with E-state index in [0.29, 0.717) is 12.6 Å². The van der Waals surface area contributed by atoms with Gasteiger partial charge < -0.3 is 10.0 Å². The molecule has 0 amide bonds. The van der Waals surface area contributed by atoms with E-state index in [2.05, 4.69) is 11.9 Å². The summed E-state index contributed by atoms with van der Waals surface area (Å²) < 4.78 is 0. The molecule has 1 aliphatic carbocycles. The molecule has 1 atom stereocenters. The van der Waals surface area contributed by atoms with Crippen molar-refractivity contribution in [3.05, 3.63) is 0 Å². The Balaban J connectivity index is 2.46. The Hall–Kier alpha value is -0.570. The summed E-state index contributed by atoms with van der Waals surface area (Å²) in [5, 5.41) is 9.11. The van der Waals surface area contributed by atoms with E-state index >= 15 is 0 Å². The van der Waals surface area contributed by atoms with E-state index in [4.69, 9.17) is 5.11 Å². The maximum atomic E-state index is 11.1. The van der Waals surface area contributed by atoms with E-state index in [-0.39, 0.29) is 11.8 Å². The van der Waals surface area contributed by atoms with Crippen LogP contribution in [0.5, 0.6) is 0 Å². The van der Waals surface area contributed by atoms with Gasteiger partial charge in [0.05, 0.1) is 5.92 Å². The molecule has 1 unspecified atom stereocenters. The highest BCUT2D eigenvalue weighted by Crippen LogP contribution is 2.24. The van der Waals surface area contributed by atoms with Gasteiger partial charge in [0.2, 0.25) is 0 Å². The lowest BCUT2D eigenvalue weighted by Crippen LogP contribution is -2.38. The van der Waals surface area contributed by atoms with Crippen molar-refractivity contribution >= 4 is 5.97 Å². The van der Waals surface area contributed by atoms with Crippen LogP contribution in [0.1, 0.15) is 39.5 Å². The van der Waals surface area contributed by atoms with Crippen molar-refractivity contribution in [3.63, 3.8) is 0 Å². The summed E-state index contributed by atoms with van der Waals surface area (Å²) in [6.45, 7) is 4.67. The van der Waals surface area contributed by atoms with Crippen molar-refractivity contribution in [2.24, 2.45) is 11.8 Å². The van der Waals surface area contributed by atoms with Crippen LogP contribution in [0.2, 0.25) is 0 Å². The second kappa shape index (κ2) is 5.50. The second-order valence-electron chi connectivity index (χ2n) is 5.07. The van der Waals surface area contributed by atoms with Crippen LogP contribution < -0.4 is 0 Å². The summed E-state index contributed by atoms with van der Waals surface area (Å²) in [6.07, 6.45) is 5.07. The van der Waals surface area contributed by atoms with E-state index in [0.717, 1.165) is 0 Å². The van der Waals surface area contributed by atoms with E-state index in [1.54, 1.807) is 0 Å². The van der Waals surface area contributed by atoms with Gasteiger partial charge in [0.25, 0.3) is 0 Å². The zero-order chi connectivity index (χ0) is 11.4. The van der Waals surface area contributed by atoms with Gasteiger partial charge >= 0.3 is 5.97 Å². The van der Waals surface area contributed by atoms with Crippen LogP contribution in [0, 0.1) is 11.8 Å². The van der Waals surface area contributed by atoms with Crippen LogP contribution in [0.4, 0.5) is 0 Å². The lowest BCUT2D eigenvalue weighted by atomic mass is 9.95. The van der Waals surface area contributed by atoms with Crippen LogP contribution in [-0.4, -0.2) is 35.6 Å². The maximum Gasteiger partial charge on any atom is 0.308 e. The molecule has 1 fully saturated rings. The van der Waals surface area contributed by atoms with Gasteiger partial charge in [-0.25, -0.2) is 0 Å². The molecule has 1 saturated carbocycles. The number of carbonyl (C=O) groups is 1. The Kier molecular flexibility index (Phi) is 4.58. The fourth-order valence-corrected chi connectivity index (χ4v) is 2.38. The molecule has 0 heterocycles. The van der Waals surface area contributed by atoms with E-state index in [9.17, 15) is 4.79 Å². The molecule has 0 aliphatic heterocycles. The monoisotopic (exact) mass is 213 g/mol. The number of hydrogen-bond acceptors (Lipinski definition) is 2. The number of nitrogens with zero attached hydrogens (tertiary/aromatic N) is 1. The molecule has 1 N–H and O–H groups in total. The first-order valence-electron chi connectivity index (χ1n) is 5.95. The molecule has 1 aliphatic rings. The van der Waals surface area contributed by atoms with Crippen molar-refractivity contribution in [1.29, 1.82) is 0 Å². The third kappa shape index (κ3) is 3.49. The van der Waals surface area contributed by atoms with Crippen LogP contribution in [0.25, 0.3) is 0 Å². The maximum absolute atomic E-state index is 11.1. The summed E-state index contributed by atoms with van der Waals surface area (Å²) in [6, 6.07) is 0.616. The van der Waals surface area contributed by atoms with Crippen LogP contribution >= 0.6 is 0 Å². The third-order valence-electron chi connectivity index (χ3n) is 3.55. The van der Waals surface area contributed by atoms with Gasteiger partial charge in [-0.05, 0) is 25.8 Å². The van der Waals surface area contributed by atoms with Crippen LogP contribution in [-0.2, 0) is 4.79 Å². The SMILES string of the molecule is CC(C)C(CN(C)C1CCCC1)C(=O)O. The predicted octanol–water partition coefficient (Wildman–Crippen LogP) is 2.22. The van der Waals surface area contributed by atoms with Crippen LogP contribution in [0.15, 0.2) is 0 Å². The minimum Gasteiger partial charge on any atom is -0.481 e. The van der Waals surface area contributed by atoms with Gasteiger partial charge in [-0.2, -0.15) is 0 Å². The average Bonchev–Trinajstić information content (AvgIpc) is 2.65. The number of hydrogen-bond donors (Lipinski definition) is 1. The summed E-state index contributed by atoms with van der Waals surface area (Å²) >= 11 is 0. The number of carboxylic acid groups (broad SMARTS) is 1. The summed E-state index contributed by atoms with van der Waals surface area (Å²) in [5.41, 5.74) is 0. The highest BCUT2D eigenvalue weighted by Gasteiger charge is 2.27. The molecule has 3 heteroatoms. The van der Waals surface area contributed by atoms with E-state index in [1.807, 2.05) is 13.8 Å². The van der Waals surface area contributed by atoms with Gasteiger partial charge in [0, 0.05) is 12.6 Å². The Bertz CT molecular complexity index is 210. The Morgan fingerprint density at radius 2 is 1.93 bits per heavy atom. The minimum atomic E-state index is -0.658. The predicted molar refractivity (Wildman–Crippen MR) is 60.8 cm³/mol. The summed E-state index contributed by atoms with van der Waals surface area (Å²) in [4.78, 5) is 13.3. The molecule has 15 heavy (non-hydrogen) atoms. The topological polar surface area (TPSA) is 40.5 Å². The van der Waals surface area contributed by atoms with E-state index in [1.165, 1.54) is 25.7 Å². The van der Waals surface area contributed by atoms with E-state index < -0.39 is 5.97 Å². The third-order valence-corrected chi connectivity index (χ3v) is 3.55. The lowest BCUT2D eigenvalue weighted by molar-refractivity contribution is -0.144. The molecule has 0 saturated heterocycles. The molecule has 3 nitrogen and oxygen atoms in total. The molecule has 0 aromatic heterocycles.